The second kappa shape index (κ2) is 7.72. The van der Waals surface area contributed by atoms with Crippen molar-refractivity contribution in [2.24, 2.45) is 23.7 Å². The predicted molar refractivity (Wildman–Crippen MR) is 98.1 cm³/mol. The molecule has 5 atom stereocenters. The Morgan fingerprint density at radius 1 is 1.12 bits per heavy atom. The molecule has 2 fully saturated rings. The average molecular weight is 342 g/mol. The maximum Gasteiger partial charge on any atom is 0.317 e. The largest absolute Gasteiger partial charge is 0.462 e. The number of rotatable bonds is 4. The summed E-state index contributed by atoms with van der Waals surface area (Å²) in [6, 6.07) is 9.94. The molecule has 3 heteroatoms. The molecule has 0 heterocycles. The van der Waals surface area contributed by atoms with Gasteiger partial charge in [-0.3, -0.25) is 9.59 Å². The zero-order chi connectivity index (χ0) is 18.0. The minimum absolute atomic E-state index is 0.0280. The van der Waals surface area contributed by atoms with Gasteiger partial charge in [-0.25, -0.2) is 0 Å². The zero-order valence-electron chi connectivity index (χ0n) is 15.6. The van der Waals surface area contributed by atoms with Gasteiger partial charge in [0.05, 0.1) is 0 Å². The normalized spacial score (nSPS) is 32.8. The molecule has 0 amide bonds. The van der Waals surface area contributed by atoms with Crippen molar-refractivity contribution in [1.82, 2.24) is 0 Å². The molecule has 0 spiro atoms. The summed E-state index contributed by atoms with van der Waals surface area (Å²) in [4.78, 5) is 25.4. The summed E-state index contributed by atoms with van der Waals surface area (Å²) >= 11 is 0. The van der Waals surface area contributed by atoms with Crippen molar-refractivity contribution in [2.75, 3.05) is 0 Å². The topological polar surface area (TPSA) is 43.4 Å². The van der Waals surface area contributed by atoms with E-state index in [0.717, 1.165) is 24.8 Å². The Labute approximate surface area is 151 Å². The molecule has 0 saturated heterocycles. The number of Topliss-reactive ketones (excluding diaryl/α,β-unsaturated/α-hetero) is 1. The van der Waals surface area contributed by atoms with Crippen molar-refractivity contribution in [3.05, 3.63) is 35.9 Å². The van der Waals surface area contributed by atoms with E-state index in [1.165, 1.54) is 6.42 Å². The third-order valence-electron chi connectivity index (χ3n) is 6.16. The fourth-order valence-electron chi connectivity index (χ4n) is 4.67. The van der Waals surface area contributed by atoms with Crippen LogP contribution in [0.1, 0.15) is 64.4 Å². The van der Waals surface area contributed by atoms with Crippen molar-refractivity contribution in [3.63, 3.8) is 0 Å². The van der Waals surface area contributed by atoms with E-state index >= 15 is 0 Å². The first kappa shape index (κ1) is 18.2. The molecule has 2 saturated carbocycles. The summed E-state index contributed by atoms with van der Waals surface area (Å²) in [5.41, 5.74) is 1.08. The summed E-state index contributed by atoms with van der Waals surface area (Å²) in [5.74, 6) is 0.593. The van der Waals surface area contributed by atoms with Crippen LogP contribution >= 0.6 is 0 Å². The van der Waals surface area contributed by atoms with Crippen molar-refractivity contribution < 1.29 is 14.3 Å². The molecule has 3 nitrogen and oxygen atoms in total. The molecular weight excluding hydrogens is 312 g/mol. The maximum atomic E-state index is 12.9. The number of benzene rings is 1. The molecule has 1 aromatic rings. The van der Waals surface area contributed by atoms with Crippen LogP contribution < -0.4 is 0 Å². The Bertz CT molecular complexity index is 607. The van der Waals surface area contributed by atoms with Crippen LogP contribution in [0, 0.1) is 23.7 Å². The molecule has 136 valence electrons. The van der Waals surface area contributed by atoms with E-state index < -0.39 is 5.92 Å². The van der Waals surface area contributed by atoms with E-state index in [4.69, 9.17) is 4.74 Å². The third kappa shape index (κ3) is 3.96. The highest BCUT2D eigenvalue weighted by molar-refractivity contribution is 6.01. The smallest absolute Gasteiger partial charge is 0.317 e. The lowest BCUT2D eigenvalue weighted by Gasteiger charge is -2.37. The van der Waals surface area contributed by atoms with Crippen molar-refractivity contribution >= 4 is 11.8 Å². The third-order valence-corrected chi connectivity index (χ3v) is 6.16. The number of carbonyl (C=O) groups is 2. The molecule has 25 heavy (non-hydrogen) atoms. The summed E-state index contributed by atoms with van der Waals surface area (Å²) in [5, 5.41) is 0. The van der Waals surface area contributed by atoms with E-state index in [2.05, 4.69) is 20.8 Å². The SMILES string of the molecule is CC(C)[C@@H]1CC[C@@H](C)C[C@@H]1OC(=O)C1C(=O)CC[C@@H]1c1ccccc1. The van der Waals surface area contributed by atoms with Gasteiger partial charge in [-0.05, 0) is 42.6 Å². The van der Waals surface area contributed by atoms with Gasteiger partial charge in [0.25, 0.3) is 0 Å². The lowest BCUT2D eigenvalue weighted by Crippen LogP contribution is -2.38. The lowest BCUT2D eigenvalue weighted by molar-refractivity contribution is -0.162. The quantitative estimate of drug-likeness (QED) is 0.585. The number of esters is 1. The molecule has 0 bridgehead atoms. The predicted octanol–water partition coefficient (Wildman–Crippen LogP) is 4.75. The Morgan fingerprint density at radius 3 is 2.52 bits per heavy atom. The molecule has 0 aliphatic heterocycles. The Balaban J connectivity index is 1.75. The maximum absolute atomic E-state index is 12.9. The minimum atomic E-state index is -0.618. The van der Waals surface area contributed by atoms with Gasteiger partial charge >= 0.3 is 5.97 Å². The molecule has 0 aromatic heterocycles. The van der Waals surface area contributed by atoms with Gasteiger partial charge in [0.1, 0.15) is 17.8 Å². The minimum Gasteiger partial charge on any atom is -0.462 e. The molecule has 0 radical (unpaired) electrons. The molecule has 3 rings (SSSR count). The Hall–Kier alpha value is -1.64. The summed E-state index contributed by atoms with van der Waals surface area (Å²) < 4.78 is 5.98. The van der Waals surface area contributed by atoms with Crippen molar-refractivity contribution in [3.8, 4) is 0 Å². The fraction of sp³-hybridized carbons (Fsp3) is 0.636. The van der Waals surface area contributed by atoms with Crippen molar-refractivity contribution in [1.29, 1.82) is 0 Å². The van der Waals surface area contributed by atoms with Gasteiger partial charge in [-0.15, -0.1) is 0 Å². The van der Waals surface area contributed by atoms with Crippen LogP contribution in [0.4, 0.5) is 0 Å². The zero-order valence-corrected chi connectivity index (χ0v) is 15.6. The van der Waals surface area contributed by atoms with Gasteiger partial charge in [-0.1, -0.05) is 57.5 Å². The Morgan fingerprint density at radius 2 is 1.84 bits per heavy atom. The van der Waals surface area contributed by atoms with Gasteiger partial charge in [0.15, 0.2) is 0 Å². The Kier molecular flexibility index (Phi) is 5.61. The molecule has 1 unspecified atom stereocenters. The first-order valence-corrected chi connectivity index (χ1v) is 9.75. The first-order valence-electron chi connectivity index (χ1n) is 9.75. The van der Waals surface area contributed by atoms with E-state index in [-0.39, 0.29) is 23.8 Å². The van der Waals surface area contributed by atoms with E-state index in [0.29, 0.717) is 24.2 Å². The highest BCUT2D eigenvalue weighted by atomic mass is 16.5. The van der Waals surface area contributed by atoms with Crippen LogP contribution in [0.5, 0.6) is 0 Å². The van der Waals surface area contributed by atoms with Crippen LogP contribution in [0.2, 0.25) is 0 Å². The van der Waals surface area contributed by atoms with Gasteiger partial charge in [-0.2, -0.15) is 0 Å². The van der Waals surface area contributed by atoms with Crippen LogP contribution in [0.15, 0.2) is 30.3 Å². The van der Waals surface area contributed by atoms with Crippen LogP contribution in [0.3, 0.4) is 0 Å². The molecule has 2 aliphatic carbocycles. The summed E-state index contributed by atoms with van der Waals surface area (Å²) in [7, 11) is 0. The number of hydrogen-bond donors (Lipinski definition) is 0. The highest BCUT2D eigenvalue weighted by Gasteiger charge is 2.44. The molecule has 1 aromatic carbocycles. The average Bonchev–Trinajstić information content (AvgIpc) is 2.97. The van der Waals surface area contributed by atoms with Crippen LogP contribution in [-0.2, 0) is 14.3 Å². The van der Waals surface area contributed by atoms with E-state index in [1.807, 2.05) is 30.3 Å². The van der Waals surface area contributed by atoms with Gasteiger partial charge < -0.3 is 4.74 Å². The number of ether oxygens (including phenoxy) is 1. The van der Waals surface area contributed by atoms with Crippen LogP contribution in [-0.4, -0.2) is 17.9 Å². The molecular formula is C22H30O3. The number of ketones is 1. The van der Waals surface area contributed by atoms with Crippen molar-refractivity contribution in [2.45, 2.75) is 64.9 Å². The monoisotopic (exact) mass is 342 g/mol. The number of hydrogen-bond acceptors (Lipinski definition) is 3. The summed E-state index contributed by atoms with van der Waals surface area (Å²) in [6.07, 6.45) is 4.42. The van der Waals surface area contributed by atoms with E-state index in [1.54, 1.807) is 0 Å². The van der Waals surface area contributed by atoms with E-state index in [9.17, 15) is 9.59 Å². The number of carbonyl (C=O) groups excluding carboxylic acids is 2. The lowest BCUT2D eigenvalue weighted by atomic mass is 9.75. The molecule has 2 aliphatic rings. The second-order valence-corrected chi connectivity index (χ2v) is 8.30. The van der Waals surface area contributed by atoms with Gasteiger partial charge in [0, 0.05) is 12.3 Å². The van der Waals surface area contributed by atoms with Crippen LogP contribution in [0.25, 0.3) is 0 Å². The molecule has 0 N–H and O–H groups in total. The standard InChI is InChI=1S/C22H30O3/c1-14(2)17-10-9-15(3)13-20(17)25-22(24)21-18(11-12-19(21)23)16-7-5-4-6-8-16/h4-8,14-15,17-18,20-21H,9-13H2,1-3H3/t15-,17+,18-,20+,21?/m1/s1. The summed E-state index contributed by atoms with van der Waals surface area (Å²) in [6.45, 7) is 6.63. The van der Waals surface area contributed by atoms with Gasteiger partial charge in [0.2, 0.25) is 0 Å². The first-order chi connectivity index (χ1) is 12.0. The highest BCUT2D eigenvalue weighted by Crippen LogP contribution is 2.40. The second-order valence-electron chi connectivity index (χ2n) is 8.30. The fourth-order valence-corrected chi connectivity index (χ4v) is 4.67.